The Morgan fingerprint density at radius 1 is 0.469 bits per heavy atom. The predicted molar refractivity (Wildman–Crippen MR) is 405 cm³/mol. The van der Waals surface area contributed by atoms with Crippen LogP contribution in [0.5, 0.6) is 0 Å². The molecule has 634 valence electrons. The smallest absolute Gasteiger partial charge is 0.326 e. The highest BCUT2D eigenvalue weighted by atomic mass is 33.1. The van der Waals surface area contributed by atoms with E-state index in [4.69, 9.17) is 17.2 Å². The first-order valence-corrected chi connectivity index (χ1v) is 40.5. The van der Waals surface area contributed by atoms with Gasteiger partial charge in [0.25, 0.3) is 0 Å². The van der Waals surface area contributed by atoms with Gasteiger partial charge in [0.05, 0.1) is 38.0 Å². The van der Waals surface area contributed by atoms with Crippen molar-refractivity contribution in [3.05, 3.63) is 0 Å². The molecule has 4 unspecified atom stereocenters. The summed E-state index contributed by atoms with van der Waals surface area (Å²) in [5, 5.41) is 85.4. The molecule has 17 amide bonds. The SMILES string of the molecule is CC(C)C[C@H](NC(=O)[C@@H]1CSSC[C@@H]2NC(=O)[C@H](CC(C)C)NC(=O)C(CCC(=O)O)NC(=O)C(NC(=O)[C@H](CCC(=O)O)NC(=O)[C@H](CC(=O)O)NC(=O)[C@@H](N)CC(N)=O)CSSC[C@H](NC(=O)[C@H](C)NC(=O)C(C(C)C)NC(=O)C(CC(N)=O)NC(=O)[C@H](C(C)C)NC2=O)C(=O)N[C@@H]([C@@H](C)O)C(=O)NCC(=O)N1)C(=O)O. The summed E-state index contributed by atoms with van der Waals surface area (Å²) in [6.45, 7) is 13.3. The van der Waals surface area contributed by atoms with Crippen molar-refractivity contribution in [1.82, 2.24) is 79.8 Å². The monoisotopic (exact) mass is 1680 g/mol. The summed E-state index contributed by atoms with van der Waals surface area (Å²) in [7, 11) is 2.59. The Hall–Kier alpha value is -9.81. The van der Waals surface area contributed by atoms with Crippen LogP contribution in [0.2, 0.25) is 0 Å². The third-order valence-electron chi connectivity index (χ3n) is 16.4. The Labute approximate surface area is 664 Å². The second-order valence-electron chi connectivity index (χ2n) is 28.0. The van der Waals surface area contributed by atoms with Gasteiger partial charge in [-0.15, -0.1) is 0 Å². The molecule has 0 spiro atoms. The van der Waals surface area contributed by atoms with Crippen LogP contribution in [-0.2, 0) is 101 Å². The molecule has 3 saturated heterocycles. The van der Waals surface area contributed by atoms with Gasteiger partial charge >= 0.3 is 23.9 Å². The van der Waals surface area contributed by atoms with Crippen molar-refractivity contribution in [3.8, 4) is 0 Å². The summed E-state index contributed by atoms with van der Waals surface area (Å²) in [5.74, 6) is -32.5. The van der Waals surface area contributed by atoms with Crippen molar-refractivity contribution in [3.63, 3.8) is 0 Å². The standard InChI is InChI=1S/C65H104N18O26S4/c1-25(2)15-34-55(98)80-41-24-113-110-21-38(58(101)77-37(65(108)109)16-26(3)4)71-44(87)20-69-62(105)50(30(10)84)83-61(104)40(78-51(94)29(9)70-63(106)48(27(5)6)81-57(100)35(18-43(68)86)76-64(107)49(28(7)8)82-60(41)103)23-112-111-22-39(59(102)73-32(53(96)75-34)11-13-45(88)89)79-54(97)33(12-14-46(90)91)72-56(99)36(19-47(92)93)74-52(95)31(66)17-42(67)85/h25-41,48-50,84H,11-24,66H2,1-10H3,(H2,67,85)(H2,68,86)(H,69,105)(H,70,106)(H,71,87)(H,72,99)(H,73,102)(H,74,95)(H,75,96)(H,76,107)(H,77,101)(H,78,94)(H,79,97)(H,80,98)(H,81,100)(H,82,103)(H,83,104)(H,88,89)(H,90,91)(H,92,93)(H,108,109)/t29-,30+,31-,32?,33-,34-,35?,36-,37-,38-,39?,40-,41-,48?,49-,50-/m0/s1. The van der Waals surface area contributed by atoms with E-state index in [2.05, 4.69) is 74.4 Å². The Bertz CT molecular complexity index is 3490. The van der Waals surface area contributed by atoms with Crippen LogP contribution in [0.15, 0.2) is 0 Å². The number of carbonyl (C=O) groups excluding carboxylic acids is 17. The number of rotatable bonds is 28. The van der Waals surface area contributed by atoms with Gasteiger partial charge < -0.3 is 122 Å². The van der Waals surface area contributed by atoms with E-state index in [-0.39, 0.29) is 18.8 Å². The summed E-state index contributed by atoms with van der Waals surface area (Å²) in [5.41, 5.74) is 16.4. The van der Waals surface area contributed by atoms with E-state index in [0.29, 0.717) is 21.6 Å². The lowest BCUT2D eigenvalue weighted by Crippen LogP contribution is -2.62. The number of nitrogens with one attached hydrogen (secondary N) is 15. The minimum Gasteiger partial charge on any atom is -0.481 e. The zero-order chi connectivity index (χ0) is 86.0. The fraction of sp³-hybridized carbons (Fsp3) is 0.677. The highest BCUT2D eigenvalue weighted by molar-refractivity contribution is 8.77. The van der Waals surface area contributed by atoms with Crippen molar-refractivity contribution < 1.29 is 126 Å². The molecule has 0 aromatic heterocycles. The molecule has 0 saturated carbocycles. The molecule has 0 aliphatic carbocycles. The number of carboxylic acid groups (broad SMARTS) is 4. The first-order valence-electron chi connectivity index (χ1n) is 35.5. The predicted octanol–water partition coefficient (Wildman–Crippen LogP) is -8.15. The lowest BCUT2D eigenvalue weighted by Gasteiger charge is -2.29. The van der Waals surface area contributed by atoms with Crippen LogP contribution in [0.1, 0.15) is 127 Å². The fourth-order valence-corrected chi connectivity index (χ4v) is 15.0. The number of primary amides is 2. The Morgan fingerprint density at radius 2 is 0.965 bits per heavy atom. The van der Waals surface area contributed by atoms with Crippen LogP contribution < -0.4 is 97.0 Å². The van der Waals surface area contributed by atoms with Crippen LogP contribution in [0.4, 0.5) is 0 Å². The number of aliphatic hydroxyl groups is 1. The van der Waals surface area contributed by atoms with Crippen LogP contribution in [0.25, 0.3) is 0 Å². The van der Waals surface area contributed by atoms with E-state index in [9.17, 15) is 126 Å². The molecule has 113 heavy (non-hydrogen) atoms. The van der Waals surface area contributed by atoms with Gasteiger partial charge in [-0.05, 0) is 63.2 Å². The van der Waals surface area contributed by atoms with E-state index >= 15 is 0 Å². The summed E-state index contributed by atoms with van der Waals surface area (Å²) in [4.78, 5) is 288. The Morgan fingerprint density at radius 3 is 1.48 bits per heavy atom. The van der Waals surface area contributed by atoms with Gasteiger partial charge in [-0.3, -0.25) is 95.9 Å². The minimum absolute atomic E-state index is 0.111. The number of aliphatic hydroxyl groups excluding tert-OH is 1. The van der Waals surface area contributed by atoms with E-state index in [1.165, 1.54) is 27.7 Å². The molecule has 16 atom stereocenters. The third kappa shape index (κ3) is 36.7. The molecule has 3 rings (SSSR count). The van der Waals surface area contributed by atoms with Gasteiger partial charge in [-0.2, -0.15) is 0 Å². The van der Waals surface area contributed by atoms with Gasteiger partial charge in [0.1, 0.15) is 84.6 Å². The maximum Gasteiger partial charge on any atom is 0.326 e. The molecule has 0 aromatic rings. The maximum atomic E-state index is 14.9. The van der Waals surface area contributed by atoms with Crippen molar-refractivity contribution >= 4 is 167 Å². The molecule has 3 heterocycles. The minimum atomic E-state index is -2.11. The second kappa shape index (κ2) is 49.0. The lowest BCUT2D eigenvalue weighted by molar-refractivity contribution is -0.143. The molecule has 3 fully saturated rings. The van der Waals surface area contributed by atoms with Crippen molar-refractivity contribution in [2.45, 2.75) is 224 Å². The van der Waals surface area contributed by atoms with Crippen LogP contribution in [0, 0.1) is 23.7 Å². The average molecular weight is 1680 g/mol. The van der Waals surface area contributed by atoms with Gasteiger partial charge in [-0.1, -0.05) is 98.6 Å². The van der Waals surface area contributed by atoms with E-state index < -0.39 is 313 Å². The van der Waals surface area contributed by atoms with Gasteiger partial charge in [0.2, 0.25) is 100 Å². The van der Waals surface area contributed by atoms with Gasteiger partial charge in [-0.25, -0.2) is 4.79 Å². The van der Waals surface area contributed by atoms with Crippen molar-refractivity contribution in [2.75, 3.05) is 29.6 Å². The number of carbonyl (C=O) groups is 21. The molecule has 44 nitrogen and oxygen atoms in total. The summed E-state index contributed by atoms with van der Waals surface area (Å²) in [6.07, 6.45) is -8.77. The van der Waals surface area contributed by atoms with Crippen LogP contribution in [0.3, 0.4) is 0 Å². The number of fused-ring (bicyclic) bond motifs is 37. The number of nitrogens with two attached hydrogens (primary N) is 3. The fourth-order valence-electron chi connectivity index (χ4n) is 10.4. The quantitative estimate of drug-likeness (QED) is 0.0256. The van der Waals surface area contributed by atoms with Crippen LogP contribution >= 0.6 is 43.2 Å². The number of hydrogen-bond donors (Lipinski definition) is 23. The summed E-state index contributed by atoms with van der Waals surface area (Å²) < 4.78 is 0. The molecular formula is C65H104N18O26S4. The molecule has 26 N–H and O–H groups in total. The number of hydrogen-bond acceptors (Lipinski definition) is 27. The molecule has 0 radical (unpaired) electrons. The largest absolute Gasteiger partial charge is 0.481 e. The molecular weight excluding hydrogens is 1580 g/mol. The van der Waals surface area contributed by atoms with E-state index in [0.717, 1.165) is 35.4 Å². The maximum absolute atomic E-state index is 14.9. The Balaban J connectivity index is 3.28. The highest BCUT2D eigenvalue weighted by Gasteiger charge is 2.41. The summed E-state index contributed by atoms with van der Waals surface area (Å²) >= 11 is 0. The second-order valence-corrected chi connectivity index (χ2v) is 33.1. The van der Waals surface area contributed by atoms with Crippen molar-refractivity contribution in [1.29, 1.82) is 0 Å². The Kier molecular flexibility index (Phi) is 43.0. The lowest BCUT2D eigenvalue weighted by atomic mass is 10.00. The van der Waals surface area contributed by atoms with E-state index in [1.807, 2.05) is 5.32 Å². The number of aliphatic carboxylic acids is 4. The van der Waals surface area contributed by atoms with Gasteiger partial charge in [0, 0.05) is 35.9 Å². The average Bonchev–Trinajstić information content (AvgIpc) is 0.954. The van der Waals surface area contributed by atoms with Crippen LogP contribution in [-0.4, -0.2) is 276 Å². The first-order chi connectivity index (χ1) is 52.6. The first kappa shape index (κ1) is 99.3. The topological polar surface area (TPSA) is 718 Å². The molecule has 3 aliphatic heterocycles. The molecule has 2 bridgehead atoms. The molecule has 3 aliphatic rings. The zero-order valence-electron chi connectivity index (χ0n) is 63.6. The summed E-state index contributed by atoms with van der Waals surface area (Å²) in [6, 6.07) is -27.7. The number of amides is 17. The zero-order valence-corrected chi connectivity index (χ0v) is 66.9. The van der Waals surface area contributed by atoms with E-state index in [1.54, 1.807) is 27.7 Å². The molecule has 0 aromatic carbocycles. The highest BCUT2D eigenvalue weighted by Crippen LogP contribution is 2.26. The van der Waals surface area contributed by atoms with Gasteiger partial charge in [0.15, 0.2) is 0 Å². The van der Waals surface area contributed by atoms with Crippen molar-refractivity contribution in [2.24, 2.45) is 40.9 Å². The normalized spacial score (nSPS) is 24.5. The number of carboxylic acids is 4. The third-order valence-corrected chi connectivity index (χ3v) is 21.3. The molecule has 48 heteroatoms.